The van der Waals surface area contributed by atoms with E-state index in [2.05, 4.69) is 15.5 Å². The molecule has 0 aliphatic carbocycles. The first-order chi connectivity index (χ1) is 15.3. The van der Waals surface area contributed by atoms with Crippen molar-refractivity contribution in [2.45, 2.75) is 38.5 Å². The number of benzene rings is 2. The molecule has 0 atom stereocenters. The van der Waals surface area contributed by atoms with Crippen LogP contribution >= 0.6 is 0 Å². The van der Waals surface area contributed by atoms with E-state index in [1.165, 1.54) is 10.7 Å². The Labute approximate surface area is 187 Å². The van der Waals surface area contributed by atoms with Crippen LogP contribution in [-0.2, 0) is 14.8 Å². The molecule has 1 amide bonds. The van der Waals surface area contributed by atoms with Crippen molar-refractivity contribution >= 4 is 21.6 Å². The molecule has 1 N–H and O–H groups in total. The Morgan fingerprint density at radius 1 is 1.09 bits per heavy atom. The van der Waals surface area contributed by atoms with Crippen molar-refractivity contribution in [3.05, 3.63) is 59.5 Å². The molecular formula is C23H26N4O4S. The average Bonchev–Trinajstić information content (AvgIpc) is 3.28. The summed E-state index contributed by atoms with van der Waals surface area (Å²) in [6.45, 7) is 6.24. The van der Waals surface area contributed by atoms with E-state index in [-0.39, 0.29) is 11.8 Å². The summed E-state index contributed by atoms with van der Waals surface area (Å²) in [5.41, 5.74) is 3.89. The number of hydrogen-bond donors (Lipinski definition) is 1. The lowest BCUT2D eigenvalue weighted by atomic mass is 9.97. The molecule has 2 heterocycles. The standard InChI is InChI=1S/C23H26N4O4S/c1-15-11-16(2)21(17(3)12-15)32(29,30)27-9-7-18(8-10-27)22(28)25-20-6-4-5-19(13-20)23-26-24-14-31-23/h4-6,11-14,18H,7-10H2,1-3H3,(H,25,28). The minimum absolute atomic E-state index is 0.118. The molecule has 1 aliphatic heterocycles. The Bertz CT molecular complexity index is 1210. The highest BCUT2D eigenvalue weighted by Crippen LogP contribution is 2.29. The van der Waals surface area contributed by atoms with Crippen LogP contribution in [0, 0.1) is 26.7 Å². The van der Waals surface area contributed by atoms with Gasteiger partial charge in [-0.25, -0.2) is 8.42 Å². The number of piperidine rings is 1. The molecule has 0 radical (unpaired) electrons. The maximum Gasteiger partial charge on any atom is 0.247 e. The molecule has 1 saturated heterocycles. The third-order valence-corrected chi connectivity index (χ3v) is 7.97. The minimum atomic E-state index is -3.60. The summed E-state index contributed by atoms with van der Waals surface area (Å²) in [7, 11) is -3.60. The number of aryl methyl sites for hydroxylation is 3. The smallest absolute Gasteiger partial charge is 0.247 e. The van der Waals surface area contributed by atoms with Gasteiger partial charge in [0.2, 0.25) is 28.2 Å². The van der Waals surface area contributed by atoms with Gasteiger partial charge in [-0.15, -0.1) is 10.2 Å². The van der Waals surface area contributed by atoms with Crippen LogP contribution in [0.5, 0.6) is 0 Å². The fourth-order valence-corrected chi connectivity index (χ4v) is 6.22. The maximum atomic E-state index is 13.3. The van der Waals surface area contributed by atoms with Crippen LogP contribution in [0.3, 0.4) is 0 Å². The van der Waals surface area contributed by atoms with Gasteiger partial charge in [-0.1, -0.05) is 23.8 Å². The summed E-state index contributed by atoms with van der Waals surface area (Å²) in [6, 6.07) is 11.0. The molecule has 1 aromatic heterocycles. The Balaban J connectivity index is 1.42. The van der Waals surface area contributed by atoms with Gasteiger partial charge in [0.1, 0.15) is 0 Å². The summed E-state index contributed by atoms with van der Waals surface area (Å²) in [5.74, 6) is 0.00227. The summed E-state index contributed by atoms with van der Waals surface area (Å²) in [5, 5.41) is 10.5. The maximum absolute atomic E-state index is 13.3. The van der Waals surface area contributed by atoms with Crippen molar-refractivity contribution < 1.29 is 17.6 Å². The Morgan fingerprint density at radius 2 is 1.78 bits per heavy atom. The minimum Gasteiger partial charge on any atom is -0.423 e. The predicted octanol–water partition coefficient (Wildman–Crippen LogP) is 3.70. The molecule has 1 aliphatic rings. The zero-order valence-corrected chi connectivity index (χ0v) is 19.1. The number of nitrogens with one attached hydrogen (secondary N) is 1. The van der Waals surface area contributed by atoms with E-state index in [4.69, 9.17) is 4.42 Å². The molecule has 32 heavy (non-hydrogen) atoms. The molecule has 4 rings (SSSR count). The van der Waals surface area contributed by atoms with Crippen LogP contribution in [0.1, 0.15) is 29.5 Å². The fourth-order valence-electron chi connectivity index (χ4n) is 4.33. The van der Waals surface area contributed by atoms with Crippen molar-refractivity contribution in [1.82, 2.24) is 14.5 Å². The van der Waals surface area contributed by atoms with Crippen molar-refractivity contribution in [2.24, 2.45) is 5.92 Å². The SMILES string of the molecule is Cc1cc(C)c(S(=O)(=O)N2CCC(C(=O)Nc3cccc(-c4nnco4)c3)CC2)c(C)c1. The number of amides is 1. The zero-order valence-electron chi connectivity index (χ0n) is 18.3. The fraction of sp³-hybridized carbons (Fsp3) is 0.348. The second-order valence-electron chi connectivity index (χ2n) is 8.22. The van der Waals surface area contributed by atoms with Gasteiger partial charge in [-0.2, -0.15) is 4.31 Å². The van der Waals surface area contributed by atoms with Crippen LogP contribution in [0.2, 0.25) is 0 Å². The van der Waals surface area contributed by atoms with E-state index in [0.717, 1.165) is 16.7 Å². The van der Waals surface area contributed by atoms with E-state index < -0.39 is 10.0 Å². The van der Waals surface area contributed by atoms with E-state index in [1.54, 1.807) is 18.2 Å². The lowest BCUT2D eigenvalue weighted by molar-refractivity contribution is -0.120. The molecule has 3 aromatic rings. The molecule has 0 saturated carbocycles. The monoisotopic (exact) mass is 454 g/mol. The average molecular weight is 455 g/mol. The predicted molar refractivity (Wildman–Crippen MR) is 120 cm³/mol. The molecular weight excluding hydrogens is 428 g/mol. The Kier molecular flexibility index (Phi) is 6.12. The molecule has 2 aromatic carbocycles. The van der Waals surface area contributed by atoms with E-state index in [9.17, 15) is 13.2 Å². The zero-order chi connectivity index (χ0) is 22.9. The summed E-state index contributed by atoms with van der Waals surface area (Å²) >= 11 is 0. The number of sulfonamides is 1. The Morgan fingerprint density at radius 3 is 2.41 bits per heavy atom. The lowest BCUT2D eigenvalue weighted by Crippen LogP contribution is -2.41. The quantitative estimate of drug-likeness (QED) is 0.630. The van der Waals surface area contributed by atoms with Crippen molar-refractivity contribution in [3.63, 3.8) is 0 Å². The van der Waals surface area contributed by atoms with Gasteiger partial charge in [-0.3, -0.25) is 4.79 Å². The summed E-state index contributed by atoms with van der Waals surface area (Å²) < 4.78 is 33.2. The summed E-state index contributed by atoms with van der Waals surface area (Å²) in [4.78, 5) is 13.2. The van der Waals surface area contributed by atoms with Crippen LogP contribution < -0.4 is 5.32 Å². The number of anilines is 1. The number of nitrogens with zero attached hydrogens (tertiary/aromatic N) is 3. The molecule has 1 fully saturated rings. The van der Waals surface area contributed by atoms with Gasteiger partial charge in [0.15, 0.2) is 0 Å². The molecule has 8 nitrogen and oxygen atoms in total. The first kappa shape index (κ1) is 22.2. The molecule has 0 unspecified atom stereocenters. The number of aromatic nitrogens is 2. The highest BCUT2D eigenvalue weighted by molar-refractivity contribution is 7.89. The van der Waals surface area contributed by atoms with E-state index >= 15 is 0 Å². The van der Waals surface area contributed by atoms with Crippen LogP contribution in [0.15, 0.2) is 52.1 Å². The highest BCUT2D eigenvalue weighted by atomic mass is 32.2. The number of carbonyl (C=O) groups is 1. The van der Waals surface area contributed by atoms with E-state index in [1.807, 2.05) is 39.0 Å². The van der Waals surface area contributed by atoms with Crippen molar-refractivity contribution in [1.29, 1.82) is 0 Å². The normalized spacial score (nSPS) is 15.6. The second kappa shape index (κ2) is 8.84. The Hall–Kier alpha value is -3.04. The molecule has 0 spiro atoms. The molecule has 0 bridgehead atoms. The number of hydrogen-bond acceptors (Lipinski definition) is 6. The van der Waals surface area contributed by atoms with Gasteiger partial charge in [0.25, 0.3) is 0 Å². The third-order valence-electron chi connectivity index (χ3n) is 5.76. The van der Waals surface area contributed by atoms with Gasteiger partial charge in [0.05, 0.1) is 4.90 Å². The summed E-state index contributed by atoms with van der Waals surface area (Å²) in [6.07, 6.45) is 2.19. The van der Waals surface area contributed by atoms with Gasteiger partial charge in [0, 0.05) is 30.3 Å². The topological polar surface area (TPSA) is 105 Å². The first-order valence-corrected chi connectivity index (χ1v) is 11.9. The van der Waals surface area contributed by atoms with Gasteiger partial charge < -0.3 is 9.73 Å². The highest BCUT2D eigenvalue weighted by Gasteiger charge is 2.33. The van der Waals surface area contributed by atoms with Crippen molar-refractivity contribution in [2.75, 3.05) is 18.4 Å². The van der Waals surface area contributed by atoms with E-state index in [0.29, 0.717) is 48.0 Å². The number of carbonyl (C=O) groups excluding carboxylic acids is 1. The van der Waals surface area contributed by atoms with Gasteiger partial charge >= 0.3 is 0 Å². The van der Waals surface area contributed by atoms with Gasteiger partial charge in [-0.05, 0) is 62.9 Å². The number of rotatable bonds is 5. The largest absolute Gasteiger partial charge is 0.423 e. The van der Waals surface area contributed by atoms with Crippen LogP contribution in [-0.4, -0.2) is 41.9 Å². The third kappa shape index (κ3) is 4.44. The lowest BCUT2D eigenvalue weighted by Gasteiger charge is -2.31. The molecule has 9 heteroatoms. The van der Waals surface area contributed by atoms with Crippen molar-refractivity contribution in [3.8, 4) is 11.5 Å². The second-order valence-corrected chi connectivity index (χ2v) is 10.1. The van der Waals surface area contributed by atoms with Crippen LogP contribution in [0.4, 0.5) is 5.69 Å². The first-order valence-electron chi connectivity index (χ1n) is 10.5. The molecule has 168 valence electrons. The van der Waals surface area contributed by atoms with Crippen LogP contribution in [0.25, 0.3) is 11.5 Å².